The molecule has 9 heteroatoms. The van der Waals surface area contributed by atoms with E-state index < -0.39 is 5.79 Å². The van der Waals surface area contributed by atoms with Gasteiger partial charge in [0.2, 0.25) is 0 Å². The van der Waals surface area contributed by atoms with Crippen molar-refractivity contribution in [2.45, 2.75) is 18.6 Å². The lowest BCUT2D eigenvalue weighted by Gasteiger charge is -2.38. The van der Waals surface area contributed by atoms with E-state index in [9.17, 15) is 4.79 Å². The van der Waals surface area contributed by atoms with E-state index in [1.54, 1.807) is 32.4 Å². The van der Waals surface area contributed by atoms with Gasteiger partial charge in [-0.2, -0.15) is 0 Å². The molecule has 2 saturated heterocycles. The van der Waals surface area contributed by atoms with E-state index >= 15 is 0 Å². The van der Waals surface area contributed by atoms with E-state index in [2.05, 4.69) is 10.2 Å². The summed E-state index contributed by atoms with van der Waals surface area (Å²) in [6, 6.07) is 14.9. The third-order valence-corrected chi connectivity index (χ3v) is 6.36. The van der Waals surface area contributed by atoms with Crippen molar-refractivity contribution in [1.82, 2.24) is 4.98 Å². The number of carbonyl (C=O) groups excluding carboxylic acids is 1. The molecule has 1 N–H and O–H groups in total. The van der Waals surface area contributed by atoms with E-state index in [-0.39, 0.29) is 12.5 Å². The fraction of sp³-hybridized carbons (Fsp3) is 0.385. The number of nitrogens with zero attached hydrogens (tertiary/aromatic N) is 2. The molecule has 0 radical (unpaired) electrons. The second kappa shape index (κ2) is 9.97. The third-order valence-electron chi connectivity index (χ3n) is 6.36. The van der Waals surface area contributed by atoms with Gasteiger partial charge in [-0.1, -0.05) is 12.1 Å². The zero-order chi connectivity index (χ0) is 24.3. The zero-order valence-corrected chi connectivity index (χ0v) is 19.9. The fourth-order valence-corrected chi connectivity index (χ4v) is 4.52. The number of aromatic nitrogens is 1. The number of amides is 1. The number of hydrogen-bond acceptors (Lipinski definition) is 8. The quantitative estimate of drug-likeness (QED) is 0.550. The summed E-state index contributed by atoms with van der Waals surface area (Å²) < 4.78 is 28.1. The van der Waals surface area contributed by atoms with Crippen molar-refractivity contribution in [1.29, 1.82) is 0 Å². The van der Waals surface area contributed by atoms with Crippen LogP contribution in [0.15, 0.2) is 48.5 Å². The van der Waals surface area contributed by atoms with Gasteiger partial charge in [-0.25, -0.2) is 4.98 Å². The molecular formula is C26H29N3O6. The van der Waals surface area contributed by atoms with Crippen LogP contribution in [0.3, 0.4) is 0 Å². The Bertz CT molecular complexity index is 1200. The number of hydrogen-bond donors (Lipinski definition) is 1. The van der Waals surface area contributed by atoms with Crippen LogP contribution in [0.4, 0.5) is 11.5 Å². The molecule has 0 atom stereocenters. The normalized spacial score (nSPS) is 16.9. The maximum atomic E-state index is 12.6. The van der Waals surface area contributed by atoms with Gasteiger partial charge < -0.3 is 33.9 Å². The summed E-state index contributed by atoms with van der Waals surface area (Å²) >= 11 is 0. The lowest BCUT2D eigenvalue weighted by atomic mass is 10.0. The van der Waals surface area contributed by atoms with Crippen LogP contribution in [0.25, 0.3) is 10.9 Å². The minimum absolute atomic E-state index is 0.153. The van der Waals surface area contributed by atoms with Gasteiger partial charge in [0.1, 0.15) is 17.1 Å². The van der Waals surface area contributed by atoms with Gasteiger partial charge in [0.15, 0.2) is 23.9 Å². The van der Waals surface area contributed by atoms with Gasteiger partial charge >= 0.3 is 0 Å². The van der Waals surface area contributed by atoms with Crippen molar-refractivity contribution in [3.05, 3.63) is 48.5 Å². The molecule has 35 heavy (non-hydrogen) atoms. The number of benzene rings is 2. The van der Waals surface area contributed by atoms with Crippen LogP contribution in [0.2, 0.25) is 0 Å². The number of pyridine rings is 1. The maximum Gasteiger partial charge on any atom is 0.262 e. The Kier molecular flexibility index (Phi) is 6.61. The topological polar surface area (TPSA) is 91.4 Å². The molecule has 184 valence electrons. The third kappa shape index (κ3) is 4.96. The van der Waals surface area contributed by atoms with Crippen LogP contribution in [0.1, 0.15) is 12.8 Å². The van der Waals surface area contributed by atoms with Crippen LogP contribution < -0.4 is 24.4 Å². The zero-order valence-electron chi connectivity index (χ0n) is 19.9. The summed E-state index contributed by atoms with van der Waals surface area (Å²) in [6.07, 6.45) is 1.61. The van der Waals surface area contributed by atoms with Gasteiger partial charge in [0.05, 0.1) is 27.4 Å². The van der Waals surface area contributed by atoms with E-state index in [1.807, 2.05) is 30.3 Å². The highest BCUT2D eigenvalue weighted by Crippen LogP contribution is 2.34. The number of para-hydroxylation sites is 1. The van der Waals surface area contributed by atoms with Crippen LogP contribution in [-0.4, -0.2) is 63.8 Å². The van der Waals surface area contributed by atoms with E-state index in [0.29, 0.717) is 36.1 Å². The van der Waals surface area contributed by atoms with Gasteiger partial charge in [0.25, 0.3) is 5.91 Å². The summed E-state index contributed by atoms with van der Waals surface area (Å²) in [5.41, 5.74) is 1.31. The van der Waals surface area contributed by atoms with Gasteiger partial charge in [-0.15, -0.1) is 0 Å². The first-order valence-corrected chi connectivity index (χ1v) is 11.7. The molecule has 5 rings (SSSR count). The smallest absolute Gasteiger partial charge is 0.262 e. The van der Waals surface area contributed by atoms with Gasteiger partial charge in [0, 0.05) is 43.1 Å². The molecule has 2 fully saturated rings. The predicted molar refractivity (Wildman–Crippen MR) is 131 cm³/mol. The minimum Gasteiger partial charge on any atom is -0.493 e. The van der Waals surface area contributed by atoms with Crippen LogP contribution >= 0.6 is 0 Å². The molecule has 0 unspecified atom stereocenters. The summed E-state index contributed by atoms with van der Waals surface area (Å²) in [6.45, 7) is 2.77. The minimum atomic E-state index is -0.428. The second-order valence-corrected chi connectivity index (χ2v) is 8.50. The number of carbonyl (C=O) groups is 1. The number of ether oxygens (including phenoxy) is 5. The number of fused-ring (bicyclic) bond motifs is 1. The first kappa shape index (κ1) is 23.2. The lowest BCUT2D eigenvalue weighted by Crippen LogP contribution is -2.45. The number of rotatable bonds is 7. The molecule has 2 aliphatic rings. The van der Waals surface area contributed by atoms with Crippen molar-refractivity contribution in [2.24, 2.45) is 0 Å². The molecule has 1 spiro atoms. The maximum absolute atomic E-state index is 12.6. The molecule has 2 aromatic carbocycles. The van der Waals surface area contributed by atoms with Gasteiger partial charge in [-0.3, -0.25) is 4.79 Å². The predicted octanol–water partition coefficient (Wildman–Crippen LogP) is 3.61. The average molecular weight is 480 g/mol. The highest BCUT2D eigenvalue weighted by atomic mass is 16.7. The lowest BCUT2D eigenvalue weighted by molar-refractivity contribution is -0.169. The molecule has 0 saturated carbocycles. The molecule has 2 aliphatic heterocycles. The van der Waals surface area contributed by atoms with E-state index in [1.165, 1.54) is 0 Å². The Labute approximate surface area is 203 Å². The molecule has 9 nitrogen and oxygen atoms in total. The van der Waals surface area contributed by atoms with Crippen LogP contribution in [0, 0.1) is 0 Å². The van der Waals surface area contributed by atoms with Crippen molar-refractivity contribution >= 4 is 28.3 Å². The fourth-order valence-electron chi connectivity index (χ4n) is 4.52. The second-order valence-electron chi connectivity index (χ2n) is 8.50. The van der Waals surface area contributed by atoms with Crippen LogP contribution in [-0.2, 0) is 14.3 Å². The Hall–Kier alpha value is -3.56. The van der Waals surface area contributed by atoms with Crippen molar-refractivity contribution in [3.8, 4) is 17.2 Å². The first-order valence-electron chi connectivity index (χ1n) is 11.7. The Balaban J connectivity index is 1.26. The van der Waals surface area contributed by atoms with Crippen molar-refractivity contribution in [2.75, 3.05) is 57.3 Å². The van der Waals surface area contributed by atoms with Crippen molar-refractivity contribution in [3.63, 3.8) is 0 Å². The molecule has 3 aromatic rings. The number of methoxy groups -OCH3 is 2. The van der Waals surface area contributed by atoms with Gasteiger partial charge in [-0.05, 0) is 30.3 Å². The molecule has 0 bridgehead atoms. The summed E-state index contributed by atoms with van der Waals surface area (Å²) in [7, 11) is 3.11. The summed E-state index contributed by atoms with van der Waals surface area (Å²) in [5.74, 6) is 1.84. The standard InChI is InChI=1S/C26H29N3O6/c1-31-20-8-7-19(16-22(20)32-2)27-24(30)17-33-21-5-3-4-18-6-9-23(28-25(18)21)29-12-10-26(11-13-29)34-14-15-35-26/h3-9,16H,10-15,17H2,1-2H3,(H,27,30). The van der Waals surface area contributed by atoms with Crippen molar-refractivity contribution < 1.29 is 28.5 Å². The summed E-state index contributed by atoms with van der Waals surface area (Å²) in [4.78, 5) is 19.7. The first-order chi connectivity index (χ1) is 17.1. The molecule has 3 heterocycles. The molecule has 1 amide bonds. The largest absolute Gasteiger partial charge is 0.493 e. The number of nitrogens with one attached hydrogen (secondary N) is 1. The Morgan fingerprint density at radius 2 is 1.77 bits per heavy atom. The molecule has 0 aliphatic carbocycles. The number of anilines is 2. The van der Waals surface area contributed by atoms with Crippen LogP contribution in [0.5, 0.6) is 17.2 Å². The highest BCUT2D eigenvalue weighted by Gasteiger charge is 2.40. The number of piperidine rings is 1. The Morgan fingerprint density at radius 3 is 2.51 bits per heavy atom. The monoisotopic (exact) mass is 479 g/mol. The molecular weight excluding hydrogens is 450 g/mol. The van der Waals surface area contributed by atoms with E-state index in [4.69, 9.17) is 28.7 Å². The highest BCUT2D eigenvalue weighted by molar-refractivity contribution is 5.93. The SMILES string of the molecule is COc1ccc(NC(=O)COc2cccc3ccc(N4CCC5(CC4)OCCO5)nc23)cc1OC. The van der Waals surface area contributed by atoms with E-state index in [0.717, 1.165) is 42.7 Å². The average Bonchev–Trinajstić information content (AvgIpc) is 3.35. The molecule has 1 aromatic heterocycles. The summed E-state index contributed by atoms with van der Waals surface area (Å²) in [5, 5.41) is 3.77. The Morgan fingerprint density at radius 1 is 1.00 bits per heavy atom.